The van der Waals surface area contributed by atoms with Gasteiger partial charge in [-0.05, 0) is 61.1 Å². The first kappa shape index (κ1) is 21.1. The number of aryl methyl sites for hydroxylation is 1. The number of hydrogen-bond acceptors (Lipinski definition) is 5. The molecule has 0 saturated carbocycles. The van der Waals surface area contributed by atoms with Gasteiger partial charge in [0.15, 0.2) is 6.10 Å². The molecular formula is C25H27NO5. The van der Waals surface area contributed by atoms with Crippen LogP contribution in [-0.2, 0) is 35.2 Å². The predicted octanol–water partition coefficient (Wildman–Crippen LogP) is 4.40. The molecule has 0 spiro atoms. The second-order valence-electron chi connectivity index (χ2n) is 7.79. The Morgan fingerprint density at radius 2 is 1.94 bits per heavy atom. The monoisotopic (exact) mass is 421 g/mol. The number of fused-ring (bicyclic) bond motifs is 1. The second kappa shape index (κ2) is 9.35. The summed E-state index contributed by atoms with van der Waals surface area (Å²) in [6, 6.07) is 13.8. The maximum atomic E-state index is 11.3. The standard InChI is InChI=1S/C25H27NO5/c1-16-21(26-24(31-16)17-7-4-3-5-8-17)13-14-30-22-12-11-18(15-23(29-2)25(27)28)19-9-6-10-20(19)22/h3-5,7-8,11-12,23H,6,9-10,13-15H2,1-2H3,(H,27,28). The highest BCUT2D eigenvalue weighted by Crippen LogP contribution is 2.34. The first-order chi connectivity index (χ1) is 15.1. The lowest BCUT2D eigenvalue weighted by Crippen LogP contribution is -2.25. The molecule has 1 unspecified atom stereocenters. The van der Waals surface area contributed by atoms with E-state index < -0.39 is 12.1 Å². The van der Waals surface area contributed by atoms with Crippen LogP contribution in [0.2, 0.25) is 0 Å². The van der Waals surface area contributed by atoms with Gasteiger partial charge in [0, 0.05) is 25.5 Å². The molecule has 1 N–H and O–H groups in total. The van der Waals surface area contributed by atoms with E-state index in [2.05, 4.69) is 4.98 Å². The first-order valence-electron chi connectivity index (χ1n) is 10.6. The van der Waals surface area contributed by atoms with Crippen LogP contribution in [0.5, 0.6) is 5.75 Å². The summed E-state index contributed by atoms with van der Waals surface area (Å²) in [5.41, 5.74) is 5.30. The van der Waals surface area contributed by atoms with Crippen LogP contribution in [0, 0.1) is 6.92 Å². The molecule has 1 aliphatic rings. The second-order valence-corrected chi connectivity index (χ2v) is 7.79. The van der Waals surface area contributed by atoms with Gasteiger partial charge in [-0.25, -0.2) is 9.78 Å². The van der Waals surface area contributed by atoms with E-state index in [4.69, 9.17) is 13.9 Å². The van der Waals surface area contributed by atoms with Gasteiger partial charge >= 0.3 is 5.97 Å². The van der Waals surface area contributed by atoms with E-state index in [1.54, 1.807) is 0 Å². The van der Waals surface area contributed by atoms with Gasteiger partial charge in [0.2, 0.25) is 5.89 Å². The molecule has 3 aromatic rings. The van der Waals surface area contributed by atoms with Crippen molar-refractivity contribution in [1.82, 2.24) is 4.98 Å². The predicted molar refractivity (Wildman–Crippen MR) is 116 cm³/mol. The van der Waals surface area contributed by atoms with Crippen LogP contribution in [-0.4, -0.2) is 35.9 Å². The van der Waals surface area contributed by atoms with Gasteiger partial charge in [-0.1, -0.05) is 24.3 Å². The molecule has 0 amide bonds. The molecule has 0 fully saturated rings. The van der Waals surface area contributed by atoms with E-state index >= 15 is 0 Å². The Morgan fingerprint density at radius 3 is 2.68 bits per heavy atom. The molecule has 1 aromatic heterocycles. The van der Waals surface area contributed by atoms with Gasteiger partial charge < -0.3 is 19.0 Å². The van der Waals surface area contributed by atoms with Crippen molar-refractivity contribution in [3.63, 3.8) is 0 Å². The first-order valence-corrected chi connectivity index (χ1v) is 10.6. The minimum absolute atomic E-state index is 0.370. The number of aliphatic carboxylic acids is 1. The van der Waals surface area contributed by atoms with Crippen molar-refractivity contribution in [2.45, 2.75) is 45.1 Å². The number of oxazole rings is 1. The third kappa shape index (κ3) is 4.64. The Labute approximate surface area is 181 Å². The molecule has 1 atom stereocenters. The SMILES string of the molecule is COC(Cc1ccc(OCCc2nc(-c3ccccc3)oc2C)c2c1CCC2)C(=O)O. The Morgan fingerprint density at radius 1 is 1.16 bits per heavy atom. The van der Waals surface area contributed by atoms with Crippen LogP contribution in [0.3, 0.4) is 0 Å². The molecule has 0 bridgehead atoms. The molecule has 6 nitrogen and oxygen atoms in total. The number of benzene rings is 2. The topological polar surface area (TPSA) is 81.8 Å². The van der Waals surface area contributed by atoms with Gasteiger partial charge in [-0.2, -0.15) is 0 Å². The van der Waals surface area contributed by atoms with Gasteiger partial charge in [0.1, 0.15) is 11.5 Å². The summed E-state index contributed by atoms with van der Waals surface area (Å²) < 4.78 is 17.1. The minimum Gasteiger partial charge on any atom is -0.493 e. The number of carboxylic acid groups (broad SMARTS) is 1. The lowest BCUT2D eigenvalue weighted by atomic mass is 9.97. The number of rotatable bonds is 9. The molecule has 6 heteroatoms. The highest BCUT2D eigenvalue weighted by atomic mass is 16.5. The molecule has 1 aliphatic carbocycles. The fourth-order valence-corrected chi connectivity index (χ4v) is 4.17. The highest BCUT2D eigenvalue weighted by Gasteiger charge is 2.24. The molecule has 0 aliphatic heterocycles. The summed E-state index contributed by atoms with van der Waals surface area (Å²) in [6.07, 6.45) is 3.14. The third-order valence-electron chi connectivity index (χ3n) is 5.81. The summed E-state index contributed by atoms with van der Waals surface area (Å²) >= 11 is 0. The van der Waals surface area contributed by atoms with Crippen molar-refractivity contribution in [1.29, 1.82) is 0 Å². The Hall–Kier alpha value is -3.12. The van der Waals surface area contributed by atoms with E-state index in [0.29, 0.717) is 25.3 Å². The van der Waals surface area contributed by atoms with E-state index in [1.165, 1.54) is 18.2 Å². The largest absolute Gasteiger partial charge is 0.493 e. The van der Waals surface area contributed by atoms with Crippen molar-refractivity contribution in [2.24, 2.45) is 0 Å². The zero-order valence-corrected chi connectivity index (χ0v) is 17.9. The van der Waals surface area contributed by atoms with E-state index in [1.807, 2.05) is 49.4 Å². The van der Waals surface area contributed by atoms with E-state index in [-0.39, 0.29) is 0 Å². The molecular weight excluding hydrogens is 394 g/mol. The Bertz CT molecular complexity index is 1060. The molecule has 162 valence electrons. The van der Waals surface area contributed by atoms with Crippen LogP contribution in [0.15, 0.2) is 46.9 Å². The van der Waals surface area contributed by atoms with Crippen molar-refractivity contribution in [3.05, 3.63) is 70.6 Å². The molecule has 0 radical (unpaired) electrons. The van der Waals surface area contributed by atoms with E-state index in [9.17, 15) is 9.90 Å². The fraction of sp³-hybridized carbons (Fsp3) is 0.360. The average Bonchev–Trinajstić information content (AvgIpc) is 3.41. The summed E-state index contributed by atoms with van der Waals surface area (Å²) in [5.74, 6) is 1.38. The fourth-order valence-electron chi connectivity index (χ4n) is 4.17. The lowest BCUT2D eigenvalue weighted by Gasteiger charge is -2.16. The van der Waals surface area contributed by atoms with E-state index in [0.717, 1.165) is 47.6 Å². The Kier molecular flexibility index (Phi) is 6.37. The molecule has 0 saturated heterocycles. The number of hydrogen-bond donors (Lipinski definition) is 1. The van der Waals surface area contributed by atoms with Crippen LogP contribution < -0.4 is 4.74 Å². The normalized spacial score (nSPS) is 13.7. The number of ether oxygens (including phenoxy) is 2. The molecule has 31 heavy (non-hydrogen) atoms. The molecule has 1 heterocycles. The number of methoxy groups -OCH3 is 1. The number of carbonyl (C=O) groups is 1. The van der Waals surface area contributed by atoms with Crippen molar-refractivity contribution in [3.8, 4) is 17.2 Å². The van der Waals surface area contributed by atoms with Crippen molar-refractivity contribution in [2.75, 3.05) is 13.7 Å². The molecule has 2 aromatic carbocycles. The summed E-state index contributed by atoms with van der Waals surface area (Å²) in [6.45, 7) is 2.43. The van der Waals surface area contributed by atoms with Crippen LogP contribution in [0.25, 0.3) is 11.5 Å². The lowest BCUT2D eigenvalue weighted by molar-refractivity contribution is -0.148. The molecule has 4 rings (SSSR count). The summed E-state index contributed by atoms with van der Waals surface area (Å²) in [5, 5.41) is 9.30. The highest BCUT2D eigenvalue weighted by molar-refractivity contribution is 5.73. The average molecular weight is 421 g/mol. The Balaban J connectivity index is 1.43. The summed E-state index contributed by atoms with van der Waals surface area (Å²) in [7, 11) is 1.44. The van der Waals surface area contributed by atoms with Gasteiger partial charge in [0.05, 0.1) is 12.3 Å². The number of aromatic nitrogens is 1. The van der Waals surface area contributed by atoms with Crippen molar-refractivity contribution >= 4 is 5.97 Å². The van der Waals surface area contributed by atoms with Gasteiger partial charge in [-0.15, -0.1) is 0 Å². The number of carboxylic acids is 1. The van der Waals surface area contributed by atoms with Gasteiger partial charge in [0.25, 0.3) is 0 Å². The van der Waals surface area contributed by atoms with Crippen molar-refractivity contribution < 1.29 is 23.8 Å². The smallest absolute Gasteiger partial charge is 0.333 e. The third-order valence-corrected chi connectivity index (χ3v) is 5.81. The minimum atomic E-state index is -0.938. The number of nitrogens with zero attached hydrogens (tertiary/aromatic N) is 1. The van der Waals surface area contributed by atoms with Gasteiger partial charge in [-0.3, -0.25) is 0 Å². The van der Waals surface area contributed by atoms with Crippen LogP contribution in [0.4, 0.5) is 0 Å². The summed E-state index contributed by atoms with van der Waals surface area (Å²) in [4.78, 5) is 16.0. The van der Waals surface area contributed by atoms with Crippen LogP contribution in [0.1, 0.15) is 34.6 Å². The van der Waals surface area contributed by atoms with Crippen LogP contribution >= 0.6 is 0 Å². The maximum Gasteiger partial charge on any atom is 0.333 e. The zero-order valence-electron chi connectivity index (χ0n) is 17.9. The zero-order chi connectivity index (χ0) is 21.8. The maximum absolute atomic E-state index is 11.3. The quantitative estimate of drug-likeness (QED) is 0.551.